The predicted octanol–water partition coefficient (Wildman–Crippen LogP) is 4.13. The van der Waals surface area contributed by atoms with Gasteiger partial charge < -0.3 is 4.90 Å². The first-order chi connectivity index (χ1) is 15.1. The zero-order valence-corrected chi connectivity index (χ0v) is 18.1. The summed E-state index contributed by atoms with van der Waals surface area (Å²) in [4.78, 5) is 13.3. The minimum Gasteiger partial charge on any atom is -0.357 e. The van der Waals surface area contributed by atoms with Crippen LogP contribution in [-0.2, 0) is 6.54 Å². The highest BCUT2D eigenvalue weighted by atomic mass is 35.5. The Balaban J connectivity index is 1.57. The van der Waals surface area contributed by atoms with E-state index in [4.69, 9.17) is 11.6 Å². The number of allylic oxidation sites excluding steroid dienone is 1. The Morgan fingerprint density at radius 1 is 1.06 bits per heavy atom. The minimum absolute atomic E-state index is 0.153. The molecule has 0 spiro atoms. The van der Waals surface area contributed by atoms with Crippen molar-refractivity contribution in [3.8, 4) is 0 Å². The molecule has 5 nitrogen and oxygen atoms in total. The van der Waals surface area contributed by atoms with Crippen molar-refractivity contribution in [1.82, 2.24) is 15.2 Å². The second-order valence-corrected chi connectivity index (χ2v) is 8.16. The van der Waals surface area contributed by atoms with Crippen molar-refractivity contribution in [2.24, 2.45) is 4.99 Å². The van der Waals surface area contributed by atoms with E-state index < -0.39 is 11.6 Å². The molecule has 0 aliphatic carbocycles. The third kappa shape index (κ3) is 5.47. The highest BCUT2D eigenvalue weighted by Crippen LogP contribution is 2.25. The molecule has 2 aliphatic heterocycles. The lowest BCUT2D eigenvalue weighted by Gasteiger charge is -2.23. The van der Waals surface area contributed by atoms with Gasteiger partial charge in [0.15, 0.2) is 0 Å². The normalized spacial score (nSPS) is 21.0. The van der Waals surface area contributed by atoms with Gasteiger partial charge in [0.25, 0.3) is 0 Å². The predicted molar refractivity (Wildman–Crippen MR) is 122 cm³/mol. The van der Waals surface area contributed by atoms with Crippen LogP contribution in [0.5, 0.6) is 0 Å². The summed E-state index contributed by atoms with van der Waals surface area (Å²) in [5.41, 5.74) is 2.20. The van der Waals surface area contributed by atoms with E-state index in [1.54, 1.807) is 0 Å². The van der Waals surface area contributed by atoms with Gasteiger partial charge in [-0.25, -0.2) is 13.8 Å². The number of anilines is 1. The van der Waals surface area contributed by atoms with E-state index in [1.165, 1.54) is 12.8 Å². The Hall–Kier alpha value is -2.35. The molecule has 8 heteroatoms. The SMILES string of the molecule is Fc1ccc(F)c(CN2C/C=C(c3ccnc(N4CCCC4)c3)\C=N/CNCC2)c1Cl. The van der Waals surface area contributed by atoms with E-state index in [2.05, 4.69) is 32.3 Å². The number of aromatic nitrogens is 1. The summed E-state index contributed by atoms with van der Waals surface area (Å²) >= 11 is 6.05. The van der Waals surface area contributed by atoms with E-state index in [0.29, 0.717) is 26.3 Å². The van der Waals surface area contributed by atoms with Crippen LogP contribution < -0.4 is 10.2 Å². The monoisotopic (exact) mass is 445 g/mol. The molecular formula is C23H26ClF2N5. The molecule has 31 heavy (non-hydrogen) atoms. The summed E-state index contributed by atoms with van der Waals surface area (Å²) in [6, 6.07) is 6.25. The summed E-state index contributed by atoms with van der Waals surface area (Å²) < 4.78 is 28.2. The number of hydrogen-bond acceptors (Lipinski definition) is 5. The lowest BCUT2D eigenvalue weighted by molar-refractivity contribution is 0.289. The topological polar surface area (TPSA) is 43.8 Å². The van der Waals surface area contributed by atoms with Crippen molar-refractivity contribution in [3.05, 3.63) is 64.3 Å². The smallest absolute Gasteiger partial charge is 0.142 e. The van der Waals surface area contributed by atoms with Gasteiger partial charge in [-0.2, -0.15) is 0 Å². The maximum absolute atomic E-state index is 14.3. The van der Waals surface area contributed by atoms with Crippen LogP contribution in [0.4, 0.5) is 14.6 Å². The van der Waals surface area contributed by atoms with E-state index in [1.807, 2.05) is 23.4 Å². The molecule has 0 saturated carbocycles. The molecule has 0 radical (unpaired) electrons. The highest BCUT2D eigenvalue weighted by Gasteiger charge is 2.17. The van der Waals surface area contributed by atoms with Gasteiger partial charge in [0, 0.05) is 57.2 Å². The number of rotatable bonds is 4. The third-order valence-electron chi connectivity index (χ3n) is 5.64. The average Bonchev–Trinajstić information content (AvgIpc) is 3.33. The Morgan fingerprint density at radius 2 is 1.87 bits per heavy atom. The molecule has 0 bridgehead atoms. The van der Waals surface area contributed by atoms with Gasteiger partial charge in [-0.15, -0.1) is 0 Å². The second-order valence-electron chi connectivity index (χ2n) is 7.78. The van der Waals surface area contributed by atoms with E-state index >= 15 is 0 Å². The molecule has 4 rings (SSSR count). The van der Waals surface area contributed by atoms with Crippen LogP contribution in [0.15, 0.2) is 41.5 Å². The zero-order chi connectivity index (χ0) is 21.6. The number of benzene rings is 1. The van der Waals surface area contributed by atoms with Crippen molar-refractivity contribution in [1.29, 1.82) is 0 Å². The number of halogens is 3. The molecule has 0 atom stereocenters. The Kier molecular flexibility index (Phi) is 7.27. The van der Waals surface area contributed by atoms with Crippen molar-refractivity contribution >= 4 is 29.2 Å². The van der Waals surface area contributed by atoms with Crippen LogP contribution in [0.25, 0.3) is 5.57 Å². The quantitative estimate of drug-likeness (QED) is 0.719. The third-order valence-corrected chi connectivity index (χ3v) is 6.05. The van der Waals surface area contributed by atoms with Gasteiger partial charge in [-0.1, -0.05) is 17.7 Å². The van der Waals surface area contributed by atoms with Gasteiger partial charge in [0.1, 0.15) is 17.5 Å². The summed E-state index contributed by atoms with van der Waals surface area (Å²) in [6.45, 7) is 4.66. The molecule has 2 aliphatic rings. The number of nitrogens with one attached hydrogen (secondary N) is 1. The Bertz CT molecular complexity index is 972. The fraction of sp³-hybridized carbons (Fsp3) is 0.391. The van der Waals surface area contributed by atoms with Crippen LogP contribution in [0.3, 0.4) is 0 Å². The van der Waals surface area contributed by atoms with Crippen LogP contribution in [-0.4, -0.2) is 55.5 Å². The Labute approximate surface area is 186 Å². The summed E-state index contributed by atoms with van der Waals surface area (Å²) in [5, 5.41) is 3.10. The standard InChI is InChI=1S/C23H26ClF2N5/c24-23-19(20(25)3-4-21(23)26)15-30-11-6-18(14-28-16-27-8-12-30)17-5-7-29-22(13-17)31-9-1-2-10-31/h3-7,13-14,27H,1-2,8-12,15-16H2/b18-6+,28-14-. The molecule has 0 unspecified atom stereocenters. The second kappa shape index (κ2) is 10.3. The molecule has 1 fully saturated rings. The molecular weight excluding hydrogens is 420 g/mol. The number of hydrogen-bond donors (Lipinski definition) is 1. The fourth-order valence-electron chi connectivity index (χ4n) is 3.89. The highest BCUT2D eigenvalue weighted by molar-refractivity contribution is 6.31. The maximum Gasteiger partial charge on any atom is 0.142 e. The first kappa shape index (κ1) is 21.9. The average molecular weight is 446 g/mol. The minimum atomic E-state index is -0.605. The van der Waals surface area contributed by atoms with Gasteiger partial charge in [-0.05, 0) is 48.2 Å². The van der Waals surface area contributed by atoms with Crippen molar-refractivity contribution in [3.63, 3.8) is 0 Å². The Morgan fingerprint density at radius 3 is 2.71 bits per heavy atom. The number of aliphatic imine (C=N–C) groups is 1. The fourth-order valence-corrected chi connectivity index (χ4v) is 4.10. The molecule has 1 aromatic heterocycles. The van der Waals surface area contributed by atoms with Crippen molar-refractivity contribution in [2.75, 3.05) is 44.3 Å². The molecule has 0 amide bonds. The van der Waals surface area contributed by atoms with Crippen molar-refractivity contribution in [2.45, 2.75) is 19.4 Å². The number of nitrogens with zero attached hydrogens (tertiary/aromatic N) is 4. The lowest BCUT2D eigenvalue weighted by Crippen LogP contribution is -2.33. The zero-order valence-electron chi connectivity index (χ0n) is 17.3. The maximum atomic E-state index is 14.3. The molecule has 164 valence electrons. The molecule has 1 N–H and O–H groups in total. The lowest BCUT2D eigenvalue weighted by atomic mass is 10.1. The molecule has 1 aromatic carbocycles. The van der Waals surface area contributed by atoms with E-state index in [-0.39, 0.29) is 17.1 Å². The summed E-state index contributed by atoms with van der Waals surface area (Å²) in [5.74, 6) is -0.122. The van der Waals surface area contributed by atoms with Gasteiger partial charge in [0.05, 0.1) is 11.7 Å². The van der Waals surface area contributed by atoms with Crippen LogP contribution in [0.1, 0.15) is 24.0 Å². The first-order valence-corrected chi connectivity index (χ1v) is 11.0. The van der Waals surface area contributed by atoms with Crippen molar-refractivity contribution < 1.29 is 8.78 Å². The summed E-state index contributed by atoms with van der Waals surface area (Å²) in [6.07, 6.45) is 8.14. The molecule has 1 saturated heterocycles. The van der Waals surface area contributed by atoms with Gasteiger partial charge in [-0.3, -0.25) is 15.2 Å². The first-order valence-electron chi connectivity index (χ1n) is 10.6. The van der Waals surface area contributed by atoms with E-state index in [0.717, 1.165) is 42.2 Å². The van der Waals surface area contributed by atoms with Crippen LogP contribution in [0.2, 0.25) is 5.02 Å². The van der Waals surface area contributed by atoms with Gasteiger partial charge in [0.2, 0.25) is 0 Å². The number of pyridine rings is 1. The van der Waals surface area contributed by atoms with Crippen LogP contribution >= 0.6 is 11.6 Å². The molecule has 3 heterocycles. The van der Waals surface area contributed by atoms with Crippen LogP contribution in [0, 0.1) is 11.6 Å². The summed E-state index contributed by atoms with van der Waals surface area (Å²) in [7, 11) is 0. The molecule has 2 aromatic rings. The van der Waals surface area contributed by atoms with E-state index in [9.17, 15) is 8.78 Å². The largest absolute Gasteiger partial charge is 0.357 e. The van der Waals surface area contributed by atoms with Gasteiger partial charge >= 0.3 is 0 Å².